The number of halogens is 1. The molecule has 2 aromatic rings. The van der Waals surface area contributed by atoms with Crippen LogP contribution >= 0.6 is 27.3 Å². The van der Waals surface area contributed by atoms with Crippen molar-refractivity contribution >= 4 is 43.1 Å². The van der Waals surface area contributed by atoms with Gasteiger partial charge in [-0.05, 0) is 39.5 Å². The van der Waals surface area contributed by atoms with E-state index >= 15 is 0 Å². The van der Waals surface area contributed by atoms with E-state index in [9.17, 15) is 8.42 Å². The first-order valence-electron chi connectivity index (χ1n) is 4.92. The van der Waals surface area contributed by atoms with Gasteiger partial charge in [-0.1, -0.05) is 0 Å². The molecule has 5 nitrogen and oxygen atoms in total. The van der Waals surface area contributed by atoms with Crippen molar-refractivity contribution in [3.8, 4) is 0 Å². The average Bonchev–Trinajstić information content (AvgIpc) is 2.73. The van der Waals surface area contributed by atoms with Gasteiger partial charge in [0, 0.05) is 22.1 Å². The van der Waals surface area contributed by atoms with E-state index in [0.29, 0.717) is 0 Å². The zero-order valence-corrected chi connectivity index (χ0v) is 12.3. The van der Waals surface area contributed by atoms with Gasteiger partial charge in [0.15, 0.2) is 0 Å². The summed E-state index contributed by atoms with van der Waals surface area (Å²) in [5, 5.41) is 1.89. The van der Waals surface area contributed by atoms with E-state index in [2.05, 4.69) is 25.6 Å². The molecule has 18 heavy (non-hydrogen) atoms. The maximum atomic E-state index is 11.9. The number of nitrogen functional groups attached to an aromatic ring is 1. The van der Waals surface area contributed by atoms with Gasteiger partial charge in [-0.2, -0.15) is 0 Å². The maximum absolute atomic E-state index is 11.9. The molecule has 0 atom stereocenters. The van der Waals surface area contributed by atoms with Gasteiger partial charge in [0.05, 0.1) is 0 Å². The normalized spacial score (nSPS) is 11.6. The average molecular weight is 348 g/mol. The number of sulfonamides is 1. The monoisotopic (exact) mass is 347 g/mol. The zero-order valence-electron chi connectivity index (χ0n) is 9.13. The number of anilines is 1. The molecule has 0 saturated carbocycles. The molecule has 0 fully saturated rings. The summed E-state index contributed by atoms with van der Waals surface area (Å²) in [6.07, 6.45) is 1.24. The Morgan fingerprint density at radius 1 is 1.39 bits per heavy atom. The first kappa shape index (κ1) is 13.5. The summed E-state index contributed by atoms with van der Waals surface area (Å²) in [7, 11) is -3.55. The molecule has 2 heterocycles. The number of nitrogens with zero attached hydrogens (tertiary/aromatic N) is 1. The summed E-state index contributed by atoms with van der Waals surface area (Å²) in [6.45, 7) is 0.241. The molecule has 0 spiro atoms. The van der Waals surface area contributed by atoms with Gasteiger partial charge in [0.2, 0.25) is 10.0 Å². The number of pyridine rings is 1. The third-order valence-corrected chi connectivity index (χ3v) is 5.50. The number of nitrogens with one attached hydrogen (secondary N) is 1. The predicted molar refractivity (Wildman–Crippen MR) is 74.7 cm³/mol. The molecule has 0 bridgehead atoms. The van der Waals surface area contributed by atoms with Gasteiger partial charge in [-0.15, -0.1) is 11.3 Å². The van der Waals surface area contributed by atoms with E-state index in [4.69, 9.17) is 5.73 Å². The van der Waals surface area contributed by atoms with Crippen molar-refractivity contribution in [2.75, 3.05) is 5.73 Å². The SMILES string of the molecule is Nc1ccc(S(=O)(=O)NCc2sccc2Br)cn1. The van der Waals surface area contributed by atoms with E-state index < -0.39 is 10.0 Å². The Morgan fingerprint density at radius 2 is 2.17 bits per heavy atom. The third-order valence-electron chi connectivity index (χ3n) is 2.18. The molecule has 3 N–H and O–H groups in total. The second-order valence-electron chi connectivity index (χ2n) is 3.44. The van der Waals surface area contributed by atoms with Crippen LogP contribution in [0.2, 0.25) is 0 Å². The van der Waals surface area contributed by atoms with Gasteiger partial charge in [0.1, 0.15) is 10.7 Å². The second-order valence-corrected chi connectivity index (χ2v) is 7.06. The Balaban J connectivity index is 2.13. The van der Waals surface area contributed by atoms with Crippen molar-refractivity contribution in [3.05, 3.63) is 39.1 Å². The summed E-state index contributed by atoms with van der Waals surface area (Å²) >= 11 is 4.82. The number of nitrogens with two attached hydrogens (primary N) is 1. The number of hydrogen-bond donors (Lipinski definition) is 2. The number of thiophene rings is 1. The quantitative estimate of drug-likeness (QED) is 0.885. The number of aromatic nitrogens is 1. The lowest BCUT2D eigenvalue weighted by molar-refractivity contribution is 0.581. The number of rotatable bonds is 4. The van der Waals surface area contributed by atoms with E-state index in [1.807, 2.05) is 11.4 Å². The molecule has 2 rings (SSSR count). The lowest BCUT2D eigenvalue weighted by Crippen LogP contribution is -2.23. The fourth-order valence-corrected chi connectivity index (χ4v) is 3.71. The van der Waals surface area contributed by atoms with E-state index in [0.717, 1.165) is 9.35 Å². The van der Waals surface area contributed by atoms with Crippen LogP contribution in [0.5, 0.6) is 0 Å². The van der Waals surface area contributed by atoms with Crippen LogP contribution in [-0.2, 0) is 16.6 Å². The van der Waals surface area contributed by atoms with Crippen molar-refractivity contribution in [1.82, 2.24) is 9.71 Å². The molecule has 2 aromatic heterocycles. The summed E-state index contributed by atoms with van der Waals surface area (Å²) in [4.78, 5) is 4.78. The summed E-state index contributed by atoms with van der Waals surface area (Å²) < 4.78 is 27.3. The molecule has 0 aromatic carbocycles. The highest BCUT2D eigenvalue weighted by atomic mass is 79.9. The molecule has 0 saturated heterocycles. The Kier molecular flexibility index (Phi) is 4.00. The third kappa shape index (κ3) is 3.08. The van der Waals surface area contributed by atoms with Crippen LogP contribution in [0.3, 0.4) is 0 Å². The Bertz CT molecular complexity index is 637. The van der Waals surface area contributed by atoms with Crippen LogP contribution in [0.1, 0.15) is 4.88 Å². The topological polar surface area (TPSA) is 85.1 Å². The first-order valence-corrected chi connectivity index (χ1v) is 8.08. The van der Waals surface area contributed by atoms with Crippen LogP contribution in [0.15, 0.2) is 39.1 Å². The zero-order chi connectivity index (χ0) is 13.2. The van der Waals surface area contributed by atoms with Crippen molar-refractivity contribution in [2.45, 2.75) is 11.4 Å². The predicted octanol–water partition coefficient (Wildman–Crippen LogP) is 1.97. The summed E-state index contributed by atoms with van der Waals surface area (Å²) in [6, 6.07) is 4.75. The Morgan fingerprint density at radius 3 is 2.72 bits per heavy atom. The minimum absolute atomic E-state index is 0.101. The smallest absolute Gasteiger partial charge is 0.242 e. The van der Waals surface area contributed by atoms with E-state index in [1.165, 1.54) is 29.7 Å². The molecule has 0 aliphatic heterocycles. The van der Waals surface area contributed by atoms with E-state index in [-0.39, 0.29) is 17.3 Å². The minimum Gasteiger partial charge on any atom is -0.384 e. The lowest BCUT2D eigenvalue weighted by atomic mass is 10.5. The van der Waals surface area contributed by atoms with Gasteiger partial charge < -0.3 is 5.73 Å². The number of hydrogen-bond acceptors (Lipinski definition) is 5. The van der Waals surface area contributed by atoms with Gasteiger partial charge in [0.25, 0.3) is 0 Å². The van der Waals surface area contributed by atoms with Crippen molar-refractivity contribution in [2.24, 2.45) is 0 Å². The second kappa shape index (κ2) is 5.35. The van der Waals surface area contributed by atoms with Crippen LogP contribution in [0.4, 0.5) is 5.82 Å². The summed E-state index contributed by atoms with van der Waals surface area (Å²) in [5.74, 6) is 0.287. The molecule has 8 heteroatoms. The van der Waals surface area contributed by atoms with Crippen molar-refractivity contribution in [1.29, 1.82) is 0 Å². The Labute approximate surface area is 117 Å². The van der Waals surface area contributed by atoms with Gasteiger partial charge in [-0.25, -0.2) is 18.1 Å². The highest BCUT2D eigenvalue weighted by molar-refractivity contribution is 9.10. The Hall–Kier alpha value is -0.960. The van der Waals surface area contributed by atoms with Crippen LogP contribution < -0.4 is 10.5 Å². The lowest BCUT2D eigenvalue weighted by Gasteiger charge is -2.05. The van der Waals surface area contributed by atoms with Crippen molar-refractivity contribution < 1.29 is 8.42 Å². The molecular weight excluding hydrogens is 338 g/mol. The molecule has 0 amide bonds. The molecule has 0 unspecified atom stereocenters. The highest BCUT2D eigenvalue weighted by Crippen LogP contribution is 2.22. The summed E-state index contributed by atoms with van der Waals surface area (Å²) in [5.41, 5.74) is 5.41. The first-order chi connectivity index (χ1) is 8.49. The molecule has 0 aliphatic rings. The van der Waals surface area contributed by atoms with Gasteiger partial charge in [-0.3, -0.25) is 0 Å². The molecular formula is C10H10BrN3O2S2. The fourth-order valence-electron chi connectivity index (χ4n) is 1.25. The van der Waals surface area contributed by atoms with Crippen LogP contribution in [0.25, 0.3) is 0 Å². The van der Waals surface area contributed by atoms with Crippen molar-refractivity contribution in [3.63, 3.8) is 0 Å². The molecule has 96 valence electrons. The maximum Gasteiger partial charge on any atom is 0.242 e. The van der Waals surface area contributed by atoms with Crippen LogP contribution in [0, 0.1) is 0 Å². The van der Waals surface area contributed by atoms with Gasteiger partial charge >= 0.3 is 0 Å². The largest absolute Gasteiger partial charge is 0.384 e. The standard InChI is InChI=1S/C10H10BrN3O2S2/c11-8-3-4-17-9(8)6-14-18(15,16)7-1-2-10(12)13-5-7/h1-5,14H,6H2,(H2,12,13). The molecule has 0 aliphatic carbocycles. The van der Waals surface area contributed by atoms with Crippen LogP contribution in [-0.4, -0.2) is 13.4 Å². The molecule has 0 radical (unpaired) electrons. The van der Waals surface area contributed by atoms with E-state index in [1.54, 1.807) is 0 Å². The minimum atomic E-state index is -3.55. The highest BCUT2D eigenvalue weighted by Gasteiger charge is 2.14. The fraction of sp³-hybridized carbons (Fsp3) is 0.100.